The molecule has 0 spiro atoms. The summed E-state index contributed by atoms with van der Waals surface area (Å²) >= 11 is 0. The Hall–Kier alpha value is -2.25. The molecule has 140 valence electrons. The smallest absolute Gasteiger partial charge is 0.406 e. The van der Waals surface area contributed by atoms with Gasteiger partial charge in [-0.3, -0.25) is 4.79 Å². The van der Waals surface area contributed by atoms with Crippen LogP contribution < -0.4 is 15.4 Å². The van der Waals surface area contributed by atoms with Gasteiger partial charge >= 0.3 is 6.36 Å². The van der Waals surface area contributed by atoms with E-state index in [1.807, 2.05) is 18.2 Å². The Kier molecular flexibility index (Phi) is 6.50. The Morgan fingerprint density at radius 3 is 2.54 bits per heavy atom. The number of hydrogen-bond acceptors (Lipinski definition) is 3. The summed E-state index contributed by atoms with van der Waals surface area (Å²) in [6.07, 6.45) is -3.80. The third-order valence-electron chi connectivity index (χ3n) is 4.03. The van der Waals surface area contributed by atoms with E-state index in [-0.39, 0.29) is 35.7 Å². The molecule has 1 unspecified atom stereocenters. The second-order valence-corrected chi connectivity index (χ2v) is 5.74. The normalized spacial score (nSPS) is 16.2. The van der Waals surface area contributed by atoms with Crippen molar-refractivity contribution in [3.63, 3.8) is 0 Å². The summed E-state index contributed by atoms with van der Waals surface area (Å²) < 4.78 is 40.2. The molecule has 4 nitrogen and oxygen atoms in total. The fraction of sp³-hybridized carbons (Fsp3) is 0.278. The highest BCUT2D eigenvalue weighted by Gasteiger charge is 2.31. The second kappa shape index (κ2) is 8.42. The van der Waals surface area contributed by atoms with Crippen LogP contribution in [0.2, 0.25) is 0 Å². The van der Waals surface area contributed by atoms with E-state index in [0.29, 0.717) is 6.54 Å². The summed E-state index contributed by atoms with van der Waals surface area (Å²) in [6, 6.07) is 12.9. The average Bonchev–Trinajstić information content (AvgIpc) is 2.59. The maximum absolute atomic E-state index is 12.2. The summed E-state index contributed by atoms with van der Waals surface area (Å²) in [7, 11) is 0. The number of halogens is 4. The standard InChI is InChI=1S/C18H17F3N2O2.ClH/c19-18(20,21)25-14-7-5-13(6-8-14)17(24)23-11-16-15-4-2-1-3-12(15)9-10-22-16;/h1-8,16,22H,9-11H2,(H,23,24);1H. The van der Waals surface area contributed by atoms with E-state index in [4.69, 9.17) is 0 Å². The molecule has 0 radical (unpaired) electrons. The largest absolute Gasteiger partial charge is 0.573 e. The van der Waals surface area contributed by atoms with E-state index in [2.05, 4.69) is 21.4 Å². The second-order valence-electron chi connectivity index (χ2n) is 5.74. The first kappa shape index (κ1) is 20.1. The zero-order valence-electron chi connectivity index (χ0n) is 13.7. The maximum Gasteiger partial charge on any atom is 0.573 e. The monoisotopic (exact) mass is 386 g/mol. The van der Waals surface area contributed by atoms with Crippen LogP contribution in [0.4, 0.5) is 13.2 Å². The number of fused-ring (bicyclic) bond motifs is 1. The summed E-state index contributed by atoms with van der Waals surface area (Å²) in [5.41, 5.74) is 2.69. The van der Waals surface area contributed by atoms with Crippen molar-refractivity contribution >= 4 is 18.3 Å². The van der Waals surface area contributed by atoms with E-state index in [9.17, 15) is 18.0 Å². The van der Waals surface area contributed by atoms with Gasteiger partial charge in [0.1, 0.15) is 5.75 Å². The van der Waals surface area contributed by atoms with Crippen molar-refractivity contribution < 1.29 is 22.7 Å². The van der Waals surface area contributed by atoms with Gasteiger partial charge in [0.15, 0.2) is 0 Å². The lowest BCUT2D eigenvalue weighted by molar-refractivity contribution is -0.274. The highest BCUT2D eigenvalue weighted by Crippen LogP contribution is 2.23. The van der Waals surface area contributed by atoms with Crippen molar-refractivity contribution in [3.05, 3.63) is 65.2 Å². The molecule has 0 bridgehead atoms. The van der Waals surface area contributed by atoms with E-state index in [0.717, 1.165) is 30.7 Å². The molecular formula is C18H18ClF3N2O2. The van der Waals surface area contributed by atoms with Gasteiger partial charge in [-0.05, 0) is 48.4 Å². The molecule has 2 aromatic rings. The van der Waals surface area contributed by atoms with Crippen LogP contribution in [0.15, 0.2) is 48.5 Å². The fourth-order valence-corrected chi connectivity index (χ4v) is 2.88. The van der Waals surface area contributed by atoms with Crippen LogP contribution >= 0.6 is 12.4 Å². The summed E-state index contributed by atoms with van der Waals surface area (Å²) in [5, 5.41) is 6.17. The average molecular weight is 387 g/mol. The molecular weight excluding hydrogens is 369 g/mol. The Morgan fingerprint density at radius 2 is 1.85 bits per heavy atom. The van der Waals surface area contributed by atoms with Crippen LogP contribution in [0, 0.1) is 0 Å². The molecule has 2 aromatic carbocycles. The van der Waals surface area contributed by atoms with Crippen LogP contribution in [-0.2, 0) is 6.42 Å². The third kappa shape index (κ3) is 5.12. The van der Waals surface area contributed by atoms with E-state index in [1.54, 1.807) is 0 Å². The molecule has 8 heteroatoms. The molecule has 0 fully saturated rings. The van der Waals surface area contributed by atoms with E-state index >= 15 is 0 Å². The maximum atomic E-state index is 12.2. The van der Waals surface area contributed by atoms with Crippen LogP contribution in [0.3, 0.4) is 0 Å². The van der Waals surface area contributed by atoms with Gasteiger partial charge in [0.05, 0.1) is 0 Å². The van der Waals surface area contributed by atoms with E-state index in [1.165, 1.54) is 17.7 Å². The van der Waals surface area contributed by atoms with Crippen molar-refractivity contribution in [1.29, 1.82) is 0 Å². The van der Waals surface area contributed by atoms with Gasteiger partial charge in [-0.15, -0.1) is 25.6 Å². The van der Waals surface area contributed by atoms with Gasteiger partial charge in [0.25, 0.3) is 5.91 Å². The Labute approximate surface area is 155 Å². The molecule has 3 rings (SSSR count). The Balaban J connectivity index is 0.00000243. The van der Waals surface area contributed by atoms with Crippen molar-refractivity contribution in [2.45, 2.75) is 18.8 Å². The number of carbonyl (C=O) groups excluding carboxylic acids is 1. The predicted octanol–water partition coefficient (Wildman–Crippen LogP) is 3.62. The number of ether oxygens (including phenoxy) is 1. The van der Waals surface area contributed by atoms with E-state index < -0.39 is 6.36 Å². The minimum absolute atomic E-state index is 0. The van der Waals surface area contributed by atoms with Crippen LogP contribution in [0.5, 0.6) is 5.75 Å². The summed E-state index contributed by atoms with van der Waals surface area (Å²) in [4.78, 5) is 12.2. The highest BCUT2D eigenvalue weighted by atomic mass is 35.5. The van der Waals surface area contributed by atoms with Gasteiger partial charge in [0, 0.05) is 18.2 Å². The van der Waals surface area contributed by atoms with Gasteiger partial charge in [-0.25, -0.2) is 0 Å². The molecule has 0 aliphatic carbocycles. The SMILES string of the molecule is Cl.O=C(NCC1NCCc2ccccc21)c1ccc(OC(F)(F)F)cc1. The molecule has 0 aromatic heterocycles. The van der Waals surface area contributed by atoms with Crippen molar-refractivity contribution in [3.8, 4) is 5.75 Å². The molecule has 1 aliphatic heterocycles. The topological polar surface area (TPSA) is 50.4 Å². The van der Waals surface area contributed by atoms with Crippen LogP contribution in [-0.4, -0.2) is 25.4 Å². The zero-order valence-corrected chi connectivity index (χ0v) is 14.5. The number of nitrogens with one attached hydrogen (secondary N) is 2. The lowest BCUT2D eigenvalue weighted by atomic mass is 9.94. The van der Waals surface area contributed by atoms with Crippen LogP contribution in [0.25, 0.3) is 0 Å². The number of alkyl halides is 3. The third-order valence-corrected chi connectivity index (χ3v) is 4.03. The fourth-order valence-electron chi connectivity index (χ4n) is 2.88. The molecule has 1 aliphatic rings. The van der Waals surface area contributed by atoms with Gasteiger partial charge < -0.3 is 15.4 Å². The molecule has 1 heterocycles. The first-order chi connectivity index (χ1) is 11.9. The number of hydrogen-bond donors (Lipinski definition) is 2. The minimum atomic E-state index is -4.75. The van der Waals surface area contributed by atoms with Gasteiger partial charge in [-0.1, -0.05) is 24.3 Å². The first-order valence-electron chi connectivity index (χ1n) is 7.87. The molecule has 0 saturated carbocycles. The van der Waals surface area contributed by atoms with Crippen molar-refractivity contribution in [2.24, 2.45) is 0 Å². The Bertz CT molecular complexity index is 751. The lowest BCUT2D eigenvalue weighted by Gasteiger charge is -2.27. The summed E-state index contributed by atoms with van der Waals surface area (Å²) in [6.45, 7) is 1.23. The van der Waals surface area contributed by atoms with Crippen LogP contribution in [0.1, 0.15) is 27.5 Å². The number of amides is 1. The predicted molar refractivity (Wildman–Crippen MR) is 93.6 cm³/mol. The first-order valence-corrected chi connectivity index (χ1v) is 7.87. The number of benzene rings is 2. The molecule has 1 atom stereocenters. The van der Waals surface area contributed by atoms with Crippen molar-refractivity contribution in [2.75, 3.05) is 13.1 Å². The summed E-state index contributed by atoms with van der Waals surface area (Å²) in [5.74, 6) is -0.699. The van der Waals surface area contributed by atoms with Gasteiger partial charge in [0.2, 0.25) is 0 Å². The van der Waals surface area contributed by atoms with Crippen molar-refractivity contribution in [1.82, 2.24) is 10.6 Å². The molecule has 26 heavy (non-hydrogen) atoms. The minimum Gasteiger partial charge on any atom is -0.406 e. The Morgan fingerprint density at radius 1 is 1.15 bits per heavy atom. The molecule has 0 saturated heterocycles. The number of rotatable bonds is 4. The highest BCUT2D eigenvalue weighted by molar-refractivity contribution is 5.94. The van der Waals surface area contributed by atoms with Gasteiger partial charge in [-0.2, -0.15) is 0 Å². The quantitative estimate of drug-likeness (QED) is 0.843. The zero-order chi connectivity index (χ0) is 17.9. The number of carbonyl (C=O) groups is 1. The molecule has 1 amide bonds. The lowest BCUT2D eigenvalue weighted by Crippen LogP contribution is -2.38. The molecule has 2 N–H and O–H groups in total.